The lowest BCUT2D eigenvalue weighted by Gasteiger charge is -2.29. The maximum absolute atomic E-state index is 11.3. The third-order valence-corrected chi connectivity index (χ3v) is 3.65. The second-order valence-corrected chi connectivity index (χ2v) is 4.85. The van der Waals surface area contributed by atoms with E-state index in [4.69, 9.17) is 5.73 Å². The molecule has 4 N–H and O–H groups in total. The molecular weight excluding hydrogens is 232 g/mol. The number of aromatic amines is 1. The number of fused-ring (bicyclic) bond motifs is 1. The summed E-state index contributed by atoms with van der Waals surface area (Å²) in [5.74, 6) is 0.717. The lowest BCUT2D eigenvalue weighted by Crippen LogP contribution is -2.43. The van der Waals surface area contributed by atoms with Crippen LogP contribution >= 0.6 is 0 Å². The predicted molar refractivity (Wildman–Crippen MR) is 67.5 cm³/mol. The van der Waals surface area contributed by atoms with Crippen LogP contribution in [0.2, 0.25) is 0 Å². The smallest absolute Gasteiger partial charge is 0.348 e. The van der Waals surface area contributed by atoms with E-state index < -0.39 is 0 Å². The largest absolute Gasteiger partial charge is 0.363 e. The van der Waals surface area contributed by atoms with E-state index in [1.54, 1.807) is 6.07 Å². The van der Waals surface area contributed by atoms with E-state index in [1.807, 2.05) is 0 Å². The number of H-pyrrole nitrogens is 1. The quantitative estimate of drug-likeness (QED) is 0.715. The van der Waals surface area contributed by atoms with Crippen LogP contribution in [-0.4, -0.2) is 31.7 Å². The first-order valence-electron chi connectivity index (χ1n) is 6.13. The van der Waals surface area contributed by atoms with Gasteiger partial charge in [-0.15, -0.1) is 0 Å². The van der Waals surface area contributed by atoms with E-state index in [-0.39, 0.29) is 11.2 Å². The van der Waals surface area contributed by atoms with Crippen LogP contribution in [0.3, 0.4) is 0 Å². The number of anilines is 1. The molecule has 1 aliphatic carbocycles. The topological polar surface area (TPSA) is 101 Å². The van der Waals surface area contributed by atoms with Gasteiger partial charge >= 0.3 is 5.69 Å². The molecule has 96 valence electrons. The highest BCUT2D eigenvalue weighted by Gasteiger charge is 2.32. The van der Waals surface area contributed by atoms with Crippen molar-refractivity contribution in [2.75, 3.05) is 11.9 Å². The molecule has 0 aliphatic heterocycles. The van der Waals surface area contributed by atoms with Gasteiger partial charge in [-0.2, -0.15) is 5.10 Å². The first-order valence-corrected chi connectivity index (χ1v) is 6.13. The first-order chi connectivity index (χ1) is 8.72. The molecule has 0 spiro atoms. The zero-order valence-corrected chi connectivity index (χ0v) is 10.0. The Kier molecular flexibility index (Phi) is 2.55. The van der Waals surface area contributed by atoms with Gasteiger partial charge < -0.3 is 11.1 Å². The summed E-state index contributed by atoms with van der Waals surface area (Å²) in [6.45, 7) is 0.591. The van der Waals surface area contributed by atoms with E-state index >= 15 is 0 Å². The Labute approximate surface area is 103 Å². The van der Waals surface area contributed by atoms with E-state index in [9.17, 15) is 4.79 Å². The summed E-state index contributed by atoms with van der Waals surface area (Å²) < 4.78 is 1.37. The van der Waals surface area contributed by atoms with E-state index in [1.165, 1.54) is 23.6 Å². The van der Waals surface area contributed by atoms with Crippen molar-refractivity contribution in [3.63, 3.8) is 0 Å². The Morgan fingerprint density at radius 3 is 3.00 bits per heavy atom. The van der Waals surface area contributed by atoms with E-state index in [0.717, 1.165) is 12.8 Å². The van der Waals surface area contributed by atoms with Gasteiger partial charge in [0, 0.05) is 12.6 Å². The Bertz CT molecular complexity index is 609. The molecule has 0 bridgehead atoms. The standard InChI is InChI=1S/C11H16N6O/c12-6-11(3-1-2-4-11)14-8-5-9-15-16-10(18)17(9)7-13-8/h5,7,14H,1-4,6,12H2,(H,16,18). The Balaban J connectivity index is 1.92. The molecule has 1 aliphatic rings. The van der Waals surface area contributed by atoms with E-state index in [2.05, 4.69) is 20.5 Å². The summed E-state index contributed by atoms with van der Waals surface area (Å²) in [5, 5.41) is 9.70. The van der Waals surface area contributed by atoms with Gasteiger partial charge in [0.15, 0.2) is 5.65 Å². The minimum Gasteiger partial charge on any atom is -0.363 e. The minimum absolute atomic E-state index is 0.0536. The maximum atomic E-state index is 11.3. The number of nitrogens with one attached hydrogen (secondary N) is 2. The lowest BCUT2D eigenvalue weighted by atomic mass is 9.98. The van der Waals surface area contributed by atoms with Crippen LogP contribution in [0.1, 0.15) is 25.7 Å². The van der Waals surface area contributed by atoms with E-state index in [0.29, 0.717) is 18.0 Å². The molecule has 7 nitrogen and oxygen atoms in total. The molecule has 0 unspecified atom stereocenters. The lowest BCUT2D eigenvalue weighted by molar-refractivity contribution is 0.491. The van der Waals surface area contributed by atoms with Gasteiger partial charge in [0.2, 0.25) is 0 Å². The fourth-order valence-corrected chi connectivity index (χ4v) is 2.58. The highest BCUT2D eigenvalue weighted by atomic mass is 16.1. The normalized spacial score (nSPS) is 18.3. The molecule has 0 radical (unpaired) electrons. The van der Waals surface area contributed by atoms with Gasteiger partial charge in [-0.3, -0.25) is 0 Å². The van der Waals surface area contributed by atoms with Crippen molar-refractivity contribution < 1.29 is 0 Å². The summed E-state index contributed by atoms with van der Waals surface area (Å²) >= 11 is 0. The van der Waals surface area contributed by atoms with Crippen molar-refractivity contribution in [1.29, 1.82) is 0 Å². The molecule has 0 atom stereocenters. The van der Waals surface area contributed by atoms with Gasteiger partial charge in [0.1, 0.15) is 12.1 Å². The van der Waals surface area contributed by atoms with Crippen molar-refractivity contribution >= 4 is 11.5 Å². The average molecular weight is 248 g/mol. The second kappa shape index (κ2) is 4.09. The number of hydrogen-bond donors (Lipinski definition) is 3. The van der Waals surface area contributed by atoms with Crippen molar-refractivity contribution in [2.24, 2.45) is 5.73 Å². The summed E-state index contributed by atoms with van der Waals surface area (Å²) in [4.78, 5) is 15.6. The monoisotopic (exact) mass is 248 g/mol. The zero-order valence-electron chi connectivity index (χ0n) is 10.0. The minimum atomic E-state index is -0.279. The van der Waals surface area contributed by atoms with Crippen LogP contribution in [0.15, 0.2) is 17.2 Å². The maximum Gasteiger partial charge on any atom is 0.348 e. The van der Waals surface area contributed by atoms with Crippen LogP contribution in [0.4, 0.5) is 5.82 Å². The molecule has 2 aromatic heterocycles. The Hall–Kier alpha value is -1.89. The first kappa shape index (κ1) is 11.2. The number of nitrogens with two attached hydrogens (primary N) is 1. The van der Waals surface area contributed by atoms with Crippen LogP contribution in [-0.2, 0) is 0 Å². The number of nitrogens with zero attached hydrogens (tertiary/aromatic N) is 3. The summed E-state index contributed by atoms with van der Waals surface area (Å²) in [6, 6.07) is 1.76. The second-order valence-electron chi connectivity index (χ2n) is 4.85. The van der Waals surface area contributed by atoms with Gasteiger partial charge in [-0.05, 0) is 12.8 Å². The van der Waals surface area contributed by atoms with Crippen LogP contribution in [0, 0.1) is 0 Å². The van der Waals surface area contributed by atoms with Gasteiger partial charge in [-0.1, -0.05) is 12.8 Å². The van der Waals surface area contributed by atoms with Crippen LogP contribution < -0.4 is 16.7 Å². The SMILES string of the molecule is NCC1(Nc2cc3n[nH]c(=O)n3cn2)CCCC1. The summed E-state index contributed by atoms with van der Waals surface area (Å²) in [6.07, 6.45) is 5.97. The third-order valence-electron chi connectivity index (χ3n) is 3.65. The molecule has 0 amide bonds. The molecule has 0 aromatic carbocycles. The average Bonchev–Trinajstić information content (AvgIpc) is 2.98. The number of aromatic nitrogens is 4. The van der Waals surface area contributed by atoms with Crippen molar-refractivity contribution in [2.45, 2.75) is 31.2 Å². The fourth-order valence-electron chi connectivity index (χ4n) is 2.58. The number of hydrogen-bond acceptors (Lipinski definition) is 5. The Morgan fingerprint density at radius 2 is 2.28 bits per heavy atom. The molecule has 7 heteroatoms. The fraction of sp³-hybridized carbons (Fsp3) is 0.545. The molecule has 0 saturated heterocycles. The molecule has 2 heterocycles. The predicted octanol–water partition coefficient (Wildman–Crippen LogP) is 0.101. The van der Waals surface area contributed by atoms with Gasteiger partial charge in [0.25, 0.3) is 0 Å². The van der Waals surface area contributed by atoms with Crippen LogP contribution in [0.25, 0.3) is 5.65 Å². The molecule has 1 fully saturated rings. The molecule has 18 heavy (non-hydrogen) atoms. The molecular formula is C11H16N6O. The van der Waals surface area contributed by atoms with Gasteiger partial charge in [-0.25, -0.2) is 19.3 Å². The summed E-state index contributed by atoms with van der Waals surface area (Å²) in [5.41, 5.74) is 6.09. The van der Waals surface area contributed by atoms with Gasteiger partial charge in [0.05, 0.1) is 5.54 Å². The number of rotatable bonds is 3. The molecule has 2 aromatic rings. The summed E-state index contributed by atoms with van der Waals surface area (Å²) in [7, 11) is 0. The van der Waals surface area contributed by atoms with Crippen molar-refractivity contribution in [3.05, 3.63) is 22.9 Å². The van der Waals surface area contributed by atoms with Crippen molar-refractivity contribution in [1.82, 2.24) is 19.6 Å². The molecule has 3 rings (SSSR count). The highest BCUT2D eigenvalue weighted by molar-refractivity contribution is 5.49. The molecule has 1 saturated carbocycles. The highest BCUT2D eigenvalue weighted by Crippen LogP contribution is 2.31. The third kappa shape index (κ3) is 1.76. The van der Waals surface area contributed by atoms with Crippen LogP contribution in [0.5, 0.6) is 0 Å². The Morgan fingerprint density at radius 1 is 1.50 bits per heavy atom. The van der Waals surface area contributed by atoms with Crippen molar-refractivity contribution in [3.8, 4) is 0 Å². The zero-order chi connectivity index (χ0) is 12.6.